The first-order valence-electron chi connectivity index (χ1n) is 9.46. The van der Waals surface area contributed by atoms with Gasteiger partial charge in [-0.1, -0.05) is 24.3 Å². The fraction of sp³-hybridized carbons (Fsp3) is 0.182. The van der Waals surface area contributed by atoms with E-state index in [1.807, 2.05) is 28.9 Å². The van der Waals surface area contributed by atoms with Gasteiger partial charge in [0.25, 0.3) is 5.91 Å². The van der Waals surface area contributed by atoms with Gasteiger partial charge in [-0.15, -0.1) is 6.58 Å². The Labute approximate surface area is 168 Å². The Morgan fingerprint density at radius 1 is 1.31 bits per heavy atom. The second-order valence-electron chi connectivity index (χ2n) is 6.88. The zero-order chi connectivity index (χ0) is 20.4. The molecule has 0 radical (unpaired) electrons. The number of carbonyl (C=O) groups is 1. The van der Waals surface area contributed by atoms with Crippen LogP contribution in [0.1, 0.15) is 28.4 Å². The molecule has 6 nitrogen and oxygen atoms in total. The van der Waals surface area contributed by atoms with Crippen molar-refractivity contribution in [3.05, 3.63) is 78.1 Å². The van der Waals surface area contributed by atoms with Crippen molar-refractivity contribution >= 4 is 17.4 Å². The van der Waals surface area contributed by atoms with Gasteiger partial charge in [-0.2, -0.15) is 5.10 Å². The molecule has 2 aromatic carbocycles. The first-order valence-corrected chi connectivity index (χ1v) is 9.46. The van der Waals surface area contributed by atoms with E-state index in [0.717, 1.165) is 17.7 Å². The van der Waals surface area contributed by atoms with Crippen LogP contribution in [0.25, 0.3) is 11.3 Å². The predicted octanol–water partition coefficient (Wildman–Crippen LogP) is 3.79. The number of nitrogens with zero attached hydrogens (tertiary/aromatic N) is 2. The zero-order valence-electron chi connectivity index (χ0n) is 15.9. The first kappa shape index (κ1) is 18.7. The molecule has 2 heterocycles. The van der Waals surface area contributed by atoms with Gasteiger partial charge in [0.2, 0.25) is 0 Å². The van der Waals surface area contributed by atoms with Crippen LogP contribution in [0.4, 0.5) is 15.9 Å². The minimum absolute atomic E-state index is 0.0768. The summed E-state index contributed by atoms with van der Waals surface area (Å²) in [6, 6.07) is 13.8. The number of hydrogen-bond donors (Lipinski definition) is 3. The first-order chi connectivity index (χ1) is 14.1. The number of rotatable bonds is 6. The Morgan fingerprint density at radius 2 is 2.07 bits per heavy atom. The molecular weight excluding hydrogens is 369 g/mol. The second kappa shape index (κ2) is 7.79. The van der Waals surface area contributed by atoms with Crippen LogP contribution in [0.3, 0.4) is 0 Å². The highest BCUT2D eigenvalue weighted by atomic mass is 19.1. The number of aromatic nitrogens is 2. The minimum Gasteiger partial charge on any atom is -0.381 e. The lowest BCUT2D eigenvalue weighted by atomic mass is 9.99. The van der Waals surface area contributed by atoms with E-state index in [1.165, 1.54) is 12.1 Å². The van der Waals surface area contributed by atoms with E-state index < -0.39 is 5.91 Å². The summed E-state index contributed by atoms with van der Waals surface area (Å²) in [5.41, 5.74) is 9.17. The highest BCUT2D eigenvalue weighted by Crippen LogP contribution is 2.38. The maximum absolute atomic E-state index is 13.4. The number of para-hydroxylation sites is 1. The summed E-state index contributed by atoms with van der Waals surface area (Å²) in [5, 5.41) is 11.4. The number of amides is 1. The fourth-order valence-corrected chi connectivity index (χ4v) is 3.74. The van der Waals surface area contributed by atoms with Gasteiger partial charge in [-0.25, -0.2) is 9.07 Å². The summed E-state index contributed by atoms with van der Waals surface area (Å²) >= 11 is 0. The number of benzene rings is 2. The highest BCUT2D eigenvalue weighted by Gasteiger charge is 2.31. The monoisotopic (exact) mass is 391 g/mol. The van der Waals surface area contributed by atoms with Crippen molar-refractivity contribution in [3.63, 3.8) is 0 Å². The molecule has 0 aliphatic carbocycles. The molecule has 0 bridgehead atoms. The van der Waals surface area contributed by atoms with E-state index in [1.54, 1.807) is 18.2 Å². The van der Waals surface area contributed by atoms with E-state index in [9.17, 15) is 9.18 Å². The quantitative estimate of drug-likeness (QED) is 0.558. The molecule has 1 unspecified atom stereocenters. The van der Waals surface area contributed by atoms with E-state index in [-0.39, 0.29) is 11.9 Å². The molecule has 1 aliphatic heterocycles. The third-order valence-corrected chi connectivity index (χ3v) is 5.04. The Hall–Kier alpha value is -3.61. The molecule has 1 aromatic heterocycles. The van der Waals surface area contributed by atoms with Crippen molar-refractivity contribution in [2.75, 3.05) is 23.7 Å². The van der Waals surface area contributed by atoms with Gasteiger partial charge in [-0.3, -0.25) is 4.79 Å². The van der Waals surface area contributed by atoms with Crippen molar-refractivity contribution in [2.24, 2.45) is 5.73 Å². The topological polar surface area (TPSA) is 85.0 Å². The summed E-state index contributed by atoms with van der Waals surface area (Å²) in [5.74, 6) is -0.333. The molecule has 0 saturated carbocycles. The number of halogens is 1. The van der Waals surface area contributed by atoms with E-state index >= 15 is 0 Å². The van der Waals surface area contributed by atoms with E-state index in [0.29, 0.717) is 35.7 Å². The van der Waals surface area contributed by atoms with Crippen molar-refractivity contribution in [1.29, 1.82) is 0 Å². The Morgan fingerprint density at radius 3 is 2.79 bits per heavy atom. The average Bonchev–Trinajstić information content (AvgIpc) is 3.13. The summed E-state index contributed by atoms with van der Waals surface area (Å²) in [6.07, 6.45) is 2.60. The van der Waals surface area contributed by atoms with Crippen LogP contribution in [0.5, 0.6) is 0 Å². The van der Waals surface area contributed by atoms with Crippen LogP contribution in [-0.4, -0.2) is 28.8 Å². The average molecular weight is 391 g/mol. The van der Waals surface area contributed by atoms with Gasteiger partial charge in [0.15, 0.2) is 0 Å². The second-order valence-corrected chi connectivity index (χ2v) is 6.88. The van der Waals surface area contributed by atoms with Gasteiger partial charge in [0.05, 0.1) is 6.04 Å². The lowest BCUT2D eigenvalue weighted by molar-refractivity contribution is 0.100. The molecule has 1 amide bonds. The van der Waals surface area contributed by atoms with Crippen LogP contribution in [0, 0.1) is 5.82 Å². The molecule has 0 spiro atoms. The third-order valence-electron chi connectivity index (χ3n) is 5.04. The lowest BCUT2D eigenvalue weighted by Crippen LogP contribution is -2.26. The molecule has 0 fully saturated rings. The van der Waals surface area contributed by atoms with Crippen molar-refractivity contribution in [2.45, 2.75) is 12.5 Å². The molecule has 0 saturated heterocycles. The molecule has 4 N–H and O–H groups in total. The zero-order valence-corrected chi connectivity index (χ0v) is 15.9. The Balaban J connectivity index is 1.85. The van der Waals surface area contributed by atoms with Gasteiger partial charge in [0, 0.05) is 24.3 Å². The van der Waals surface area contributed by atoms with Crippen LogP contribution in [0.2, 0.25) is 0 Å². The van der Waals surface area contributed by atoms with Gasteiger partial charge in [-0.05, 0) is 42.3 Å². The number of anilines is 2. The van der Waals surface area contributed by atoms with Crippen LogP contribution < -0.4 is 16.4 Å². The number of fused-ring (bicyclic) bond motifs is 1. The molecule has 4 rings (SSSR count). The fourth-order valence-electron chi connectivity index (χ4n) is 3.74. The summed E-state index contributed by atoms with van der Waals surface area (Å²) in [7, 11) is 0. The summed E-state index contributed by atoms with van der Waals surface area (Å²) in [6.45, 7) is 5.08. The maximum atomic E-state index is 13.4. The minimum atomic E-state index is -0.572. The molecule has 7 heteroatoms. The smallest absolute Gasteiger partial charge is 0.254 e. The van der Waals surface area contributed by atoms with Crippen molar-refractivity contribution in [3.8, 4) is 11.3 Å². The van der Waals surface area contributed by atoms with E-state index in [2.05, 4.69) is 17.2 Å². The number of nitrogens with two attached hydrogens (primary N) is 1. The lowest BCUT2D eigenvalue weighted by Gasteiger charge is -2.28. The van der Waals surface area contributed by atoms with E-state index in [4.69, 9.17) is 10.8 Å². The molecular formula is C22H22FN5O. The normalized spacial score (nSPS) is 15.3. The summed E-state index contributed by atoms with van der Waals surface area (Å²) < 4.78 is 15.2. The maximum Gasteiger partial charge on any atom is 0.254 e. The molecule has 1 aliphatic rings. The highest BCUT2D eigenvalue weighted by molar-refractivity contribution is 6.03. The molecule has 148 valence electrons. The summed E-state index contributed by atoms with van der Waals surface area (Å²) in [4.78, 5) is 12.3. The predicted molar refractivity (Wildman–Crippen MR) is 113 cm³/mol. The number of hydrogen-bond acceptors (Lipinski definition) is 4. The van der Waals surface area contributed by atoms with Gasteiger partial charge in [0.1, 0.15) is 22.9 Å². The van der Waals surface area contributed by atoms with Crippen LogP contribution in [-0.2, 0) is 0 Å². The molecule has 29 heavy (non-hydrogen) atoms. The number of carbonyl (C=O) groups excluding carboxylic acids is 1. The standard InChI is InChI=1S/C22H22FN5O/c1-2-12-25-17-6-4-3-5-16(17)18-11-13-26-22-19(21(24)29)20(27-28(18)22)14-7-9-15(23)10-8-14/h2-10,18,25-26H,1,11-13H2,(H2,24,29). The molecule has 3 aromatic rings. The number of primary amides is 1. The third kappa shape index (κ3) is 3.47. The van der Waals surface area contributed by atoms with Crippen LogP contribution >= 0.6 is 0 Å². The molecule has 1 atom stereocenters. The van der Waals surface area contributed by atoms with Crippen molar-refractivity contribution < 1.29 is 9.18 Å². The Bertz CT molecular complexity index is 1060. The van der Waals surface area contributed by atoms with Gasteiger partial charge >= 0.3 is 0 Å². The van der Waals surface area contributed by atoms with Crippen molar-refractivity contribution in [1.82, 2.24) is 9.78 Å². The van der Waals surface area contributed by atoms with Gasteiger partial charge < -0.3 is 16.4 Å². The largest absolute Gasteiger partial charge is 0.381 e. The number of nitrogens with one attached hydrogen (secondary N) is 2. The van der Waals surface area contributed by atoms with Crippen LogP contribution in [0.15, 0.2) is 61.2 Å². The Kier molecular flexibility index (Phi) is 5.03. The SMILES string of the molecule is C=CCNc1ccccc1C1CCNc2c(C(N)=O)c(-c3ccc(F)cc3)nn21.